The van der Waals surface area contributed by atoms with Crippen molar-refractivity contribution in [2.24, 2.45) is 5.14 Å². The molecule has 1 aliphatic heterocycles. The minimum atomic E-state index is -4.03. The third-order valence-electron chi connectivity index (χ3n) is 3.08. The average Bonchev–Trinajstić information content (AvgIpc) is 2.88. The second-order valence-corrected chi connectivity index (χ2v) is 7.38. The lowest BCUT2D eigenvalue weighted by molar-refractivity contribution is 0.118. The molecule has 2 rings (SSSR count). The van der Waals surface area contributed by atoms with E-state index in [1.54, 1.807) is 0 Å². The minimum absolute atomic E-state index is 0.0602. The van der Waals surface area contributed by atoms with Gasteiger partial charge in [-0.15, -0.1) is 0 Å². The van der Waals surface area contributed by atoms with Crippen LogP contribution < -0.4 is 9.44 Å². The highest BCUT2D eigenvalue weighted by molar-refractivity contribution is 7.89. The van der Waals surface area contributed by atoms with E-state index in [4.69, 9.17) is 21.5 Å². The van der Waals surface area contributed by atoms with Crippen LogP contribution in [0, 0.1) is 0 Å². The average molecular weight is 354 g/mol. The second kappa shape index (κ2) is 6.59. The van der Waals surface area contributed by atoms with Gasteiger partial charge in [-0.1, -0.05) is 11.6 Å². The molecule has 0 aliphatic carbocycles. The summed E-state index contributed by atoms with van der Waals surface area (Å²) in [6.45, 7) is 0.703. The number of halogens is 1. The number of nitrogens with zero attached hydrogens (tertiary/aromatic N) is 1. The SMILES string of the molecule is NS(=O)(=O)c1cc(N(CC2CCCO2)S(=O)[O-])ccc1Cl. The molecule has 2 unspecified atom stereocenters. The molecule has 1 aromatic rings. The lowest BCUT2D eigenvalue weighted by Gasteiger charge is -2.29. The zero-order valence-corrected chi connectivity index (χ0v) is 13.3. The summed E-state index contributed by atoms with van der Waals surface area (Å²) in [5.41, 5.74) is 0.173. The molecule has 0 spiro atoms. The Morgan fingerprint density at radius 3 is 2.76 bits per heavy atom. The van der Waals surface area contributed by atoms with Gasteiger partial charge in [0, 0.05) is 23.6 Å². The Hall–Kier alpha value is -0.710. The van der Waals surface area contributed by atoms with Crippen LogP contribution in [0.5, 0.6) is 0 Å². The van der Waals surface area contributed by atoms with Crippen molar-refractivity contribution in [1.29, 1.82) is 0 Å². The van der Waals surface area contributed by atoms with E-state index in [0.29, 0.717) is 6.61 Å². The molecule has 118 valence electrons. The quantitative estimate of drug-likeness (QED) is 0.785. The van der Waals surface area contributed by atoms with E-state index >= 15 is 0 Å². The van der Waals surface area contributed by atoms with Crippen LogP contribution in [0.2, 0.25) is 5.02 Å². The molecule has 1 fully saturated rings. The first-order chi connectivity index (χ1) is 9.79. The van der Waals surface area contributed by atoms with Crippen molar-refractivity contribution in [3.8, 4) is 0 Å². The Morgan fingerprint density at radius 1 is 1.52 bits per heavy atom. The van der Waals surface area contributed by atoms with Gasteiger partial charge in [0.25, 0.3) is 0 Å². The lowest BCUT2D eigenvalue weighted by atomic mass is 10.2. The van der Waals surface area contributed by atoms with Gasteiger partial charge in [0.15, 0.2) is 0 Å². The van der Waals surface area contributed by atoms with Gasteiger partial charge in [-0.3, -0.25) is 8.51 Å². The Balaban J connectivity index is 2.34. The summed E-state index contributed by atoms with van der Waals surface area (Å²) in [4.78, 5) is -0.315. The molecule has 0 radical (unpaired) electrons. The van der Waals surface area contributed by atoms with Crippen LogP contribution in [-0.2, 0) is 26.0 Å². The monoisotopic (exact) mass is 353 g/mol. The number of benzene rings is 1. The molecule has 1 saturated heterocycles. The lowest BCUT2D eigenvalue weighted by Crippen LogP contribution is -2.33. The van der Waals surface area contributed by atoms with Gasteiger partial charge in [0.1, 0.15) is 4.90 Å². The topological polar surface area (TPSA) is 113 Å². The summed E-state index contributed by atoms with van der Waals surface area (Å²) in [5.74, 6) is 0. The largest absolute Gasteiger partial charge is 0.755 e. The molecule has 2 atom stereocenters. The number of nitrogens with two attached hydrogens (primary N) is 1. The van der Waals surface area contributed by atoms with Crippen molar-refractivity contribution in [3.05, 3.63) is 23.2 Å². The smallest absolute Gasteiger partial charge is 0.239 e. The molecule has 1 heterocycles. The van der Waals surface area contributed by atoms with Crippen LogP contribution in [0.25, 0.3) is 0 Å². The van der Waals surface area contributed by atoms with Crippen LogP contribution in [0.1, 0.15) is 12.8 Å². The molecule has 0 saturated carbocycles. The van der Waals surface area contributed by atoms with Gasteiger partial charge in [-0.05, 0) is 31.0 Å². The summed E-state index contributed by atoms with van der Waals surface area (Å²) >= 11 is 3.21. The highest BCUT2D eigenvalue weighted by atomic mass is 35.5. The summed E-state index contributed by atoms with van der Waals surface area (Å²) in [6, 6.07) is 3.86. The molecular weight excluding hydrogens is 340 g/mol. The van der Waals surface area contributed by atoms with Gasteiger partial charge < -0.3 is 9.29 Å². The van der Waals surface area contributed by atoms with Crippen molar-refractivity contribution in [2.75, 3.05) is 17.5 Å². The third-order valence-corrected chi connectivity index (χ3v) is 5.19. The molecule has 0 aromatic heterocycles. The van der Waals surface area contributed by atoms with Crippen LogP contribution >= 0.6 is 11.6 Å². The molecule has 10 heteroatoms. The van der Waals surface area contributed by atoms with E-state index in [1.165, 1.54) is 12.1 Å². The number of rotatable bonds is 5. The van der Waals surface area contributed by atoms with Crippen LogP contribution in [-0.4, -0.2) is 36.4 Å². The fourth-order valence-corrected chi connectivity index (χ4v) is 3.73. The third kappa shape index (κ3) is 4.15. The number of hydrogen-bond acceptors (Lipinski definition) is 5. The molecule has 2 N–H and O–H groups in total. The Morgan fingerprint density at radius 2 is 2.24 bits per heavy atom. The first-order valence-corrected chi connectivity index (χ1v) is 9.05. The maximum atomic E-state index is 11.4. The van der Waals surface area contributed by atoms with E-state index in [9.17, 15) is 17.2 Å². The number of ether oxygens (including phenoxy) is 1. The van der Waals surface area contributed by atoms with Gasteiger partial charge in [-0.2, -0.15) is 0 Å². The maximum absolute atomic E-state index is 11.4. The molecule has 0 bridgehead atoms. The van der Waals surface area contributed by atoms with E-state index in [0.717, 1.165) is 23.2 Å². The Bertz CT molecular complexity index is 646. The van der Waals surface area contributed by atoms with E-state index in [2.05, 4.69) is 0 Å². The van der Waals surface area contributed by atoms with E-state index < -0.39 is 21.3 Å². The first kappa shape index (κ1) is 16.7. The summed E-state index contributed by atoms with van der Waals surface area (Å²) in [7, 11) is -4.03. The van der Waals surface area contributed by atoms with Crippen molar-refractivity contribution >= 4 is 38.6 Å². The second-order valence-electron chi connectivity index (χ2n) is 4.57. The van der Waals surface area contributed by atoms with Gasteiger partial charge in [0.05, 0.1) is 17.7 Å². The number of primary sulfonamides is 1. The Kier molecular flexibility index (Phi) is 5.23. The summed E-state index contributed by atoms with van der Waals surface area (Å²) in [5, 5.41) is 5.00. The van der Waals surface area contributed by atoms with Gasteiger partial charge in [0.2, 0.25) is 10.0 Å². The standard InChI is InChI=1S/C11H15ClN2O5S2/c12-10-4-3-8(6-11(10)21(13,17)18)14(20(15)16)7-9-2-1-5-19-9/h3-4,6,9H,1-2,5,7H2,(H,15,16)(H2,13,17,18)/p-1. The zero-order chi connectivity index (χ0) is 15.6. The van der Waals surface area contributed by atoms with Crippen molar-refractivity contribution < 1.29 is 21.9 Å². The van der Waals surface area contributed by atoms with E-state index in [1.807, 2.05) is 0 Å². The van der Waals surface area contributed by atoms with Crippen molar-refractivity contribution in [1.82, 2.24) is 0 Å². The Labute approximate surface area is 130 Å². The fraction of sp³-hybridized carbons (Fsp3) is 0.455. The van der Waals surface area contributed by atoms with E-state index in [-0.39, 0.29) is 28.3 Å². The van der Waals surface area contributed by atoms with Crippen LogP contribution in [0.4, 0.5) is 5.69 Å². The normalized spacial score (nSPS) is 20.4. The fourth-order valence-electron chi connectivity index (χ4n) is 2.09. The minimum Gasteiger partial charge on any atom is -0.755 e. The number of anilines is 1. The molecule has 7 nitrogen and oxygen atoms in total. The highest BCUT2D eigenvalue weighted by Crippen LogP contribution is 2.28. The van der Waals surface area contributed by atoms with Gasteiger partial charge in [-0.25, -0.2) is 13.6 Å². The predicted octanol–water partition coefficient (Wildman–Crippen LogP) is 0.767. The predicted molar refractivity (Wildman–Crippen MR) is 78.1 cm³/mol. The zero-order valence-electron chi connectivity index (χ0n) is 10.9. The van der Waals surface area contributed by atoms with Crippen molar-refractivity contribution in [2.45, 2.75) is 23.8 Å². The highest BCUT2D eigenvalue weighted by Gasteiger charge is 2.22. The number of sulfonamides is 1. The maximum Gasteiger partial charge on any atom is 0.239 e. The molecule has 0 amide bonds. The van der Waals surface area contributed by atoms with Gasteiger partial charge >= 0.3 is 0 Å². The molecule has 1 aromatic carbocycles. The van der Waals surface area contributed by atoms with Crippen molar-refractivity contribution in [3.63, 3.8) is 0 Å². The molecule has 21 heavy (non-hydrogen) atoms. The number of hydrogen-bond donors (Lipinski definition) is 1. The summed E-state index contributed by atoms with van der Waals surface area (Å²) in [6.07, 6.45) is 1.41. The summed E-state index contributed by atoms with van der Waals surface area (Å²) < 4.78 is 52.1. The van der Waals surface area contributed by atoms with Crippen LogP contribution in [0.3, 0.4) is 0 Å². The molecule has 1 aliphatic rings. The molecular formula is C11H14ClN2O5S2-. The first-order valence-electron chi connectivity index (χ1n) is 6.10. The van der Waals surface area contributed by atoms with Crippen LogP contribution in [0.15, 0.2) is 23.1 Å².